The van der Waals surface area contributed by atoms with Gasteiger partial charge < -0.3 is 19.7 Å². The number of ketones is 1. The predicted octanol–water partition coefficient (Wildman–Crippen LogP) is -2.33. The molecule has 4 atom stereocenters. The molecular weight excluding hydrogens is 322 g/mol. The molecule has 0 radical (unpaired) electrons. The van der Waals surface area contributed by atoms with Crippen LogP contribution >= 0.6 is 0 Å². The quantitative estimate of drug-likeness (QED) is 0.598. The van der Waals surface area contributed by atoms with Gasteiger partial charge in [0.2, 0.25) is 11.6 Å². The van der Waals surface area contributed by atoms with Crippen LogP contribution in [0, 0.1) is 0 Å². The summed E-state index contributed by atoms with van der Waals surface area (Å²) in [6.07, 6.45) is 3.11. The van der Waals surface area contributed by atoms with E-state index in [-0.39, 0.29) is 17.3 Å². The van der Waals surface area contributed by atoms with Crippen LogP contribution in [0.5, 0.6) is 11.5 Å². The van der Waals surface area contributed by atoms with Crippen LogP contribution in [0.15, 0.2) is 6.07 Å². The van der Waals surface area contributed by atoms with E-state index >= 15 is 0 Å². The minimum atomic E-state index is -1.24. The van der Waals surface area contributed by atoms with Crippen molar-refractivity contribution in [1.82, 2.24) is 0 Å². The number of aliphatic hydroxyl groups is 1. The van der Waals surface area contributed by atoms with Crippen LogP contribution in [0.3, 0.4) is 0 Å². The van der Waals surface area contributed by atoms with Gasteiger partial charge in [0.25, 0.3) is 0 Å². The molecular formula is C19H21NO5. The van der Waals surface area contributed by atoms with Crippen molar-refractivity contribution in [2.45, 2.75) is 43.0 Å². The van der Waals surface area contributed by atoms with Crippen molar-refractivity contribution < 1.29 is 29.4 Å². The zero-order valence-corrected chi connectivity index (χ0v) is 14.3. The van der Waals surface area contributed by atoms with Gasteiger partial charge in [0.05, 0.1) is 12.3 Å². The van der Waals surface area contributed by atoms with Crippen LogP contribution < -0.4 is 25.2 Å². The SMILES string of the molecule is COC12CC3(CCC1O)CC(=O)C1=c4c3c(c([O-])cc4=CC[NH+]1C)O2. The van der Waals surface area contributed by atoms with Crippen molar-refractivity contribution in [3.63, 3.8) is 0 Å². The number of hydrogen-bond donors (Lipinski definition) is 2. The van der Waals surface area contributed by atoms with E-state index in [1.54, 1.807) is 6.07 Å². The fourth-order valence-corrected chi connectivity index (χ4v) is 5.34. The Labute approximate surface area is 145 Å². The Morgan fingerprint density at radius 1 is 1.48 bits per heavy atom. The third-order valence-corrected chi connectivity index (χ3v) is 6.50. The minimum absolute atomic E-state index is 0.132. The van der Waals surface area contributed by atoms with E-state index in [1.165, 1.54) is 7.11 Å². The summed E-state index contributed by atoms with van der Waals surface area (Å²) in [6.45, 7) is 0.695. The molecule has 6 heteroatoms. The molecule has 6 nitrogen and oxygen atoms in total. The van der Waals surface area contributed by atoms with Crippen LogP contribution in [-0.4, -0.2) is 43.5 Å². The van der Waals surface area contributed by atoms with Gasteiger partial charge >= 0.3 is 0 Å². The fourth-order valence-electron chi connectivity index (χ4n) is 5.34. The number of carbonyl (C=O) groups is 1. The molecule has 1 aromatic rings. The number of Topliss-reactive ketones (excluding diaryl/α,β-unsaturated/α-hetero) is 1. The highest BCUT2D eigenvalue weighted by Crippen LogP contribution is 2.56. The molecule has 2 heterocycles. The average molecular weight is 343 g/mol. The lowest BCUT2D eigenvalue weighted by molar-refractivity contribution is -0.792. The summed E-state index contributed by atoms with van der Waals surface area (Å²) in [5.74, 6) is -1.04. The lowest BCUT2D eigenvalue weighted by atomic mass is 9.59. The van der Waals surface area contributed by atoms with Crippen LogP contribution in [0.2, 0.25) is 0 Å². The first-order chi connectivity index (χ1) is 11.9. The lowest BCUT2D eigenvalue weighted by Gasteiger charge is -2.55. The summed E-state index contributed by atoms with van der Waals surface area (Å²) in [5, 5.41) is 25.0. The molecule has 25 heavy (non-hydrogen) atoms. The van der Waals surface area contributed by atoms with E-state index in [0.29, 0.717) is 32.2 Å². The summed E-state index contributed by atoms with van der Waals surface area (Å²) in [6, 6.07) is 1.56. The molecule has 1 spiro atoms. The molecule has 0 saturated heterocycles. The van der Waals surface area contributed by atoms with Crippen molar-refractivity contribution in [2.75, 3.05) is 20.7 Å². The second-order valence-electron chi connectivity index (χ2n) is 7.84. The van der Waals surface area contributed by atoms with Gasteiger partial charge in [-0.2, -0.15) is 0 Å². The number of aliphatic hydroxyl groups excluding tert-OH is 1. The number of quaternary nitrogens is 1. The number of fused-ring (bicyclic) bond motifs is 1. The number of carbonyl (C=O) groups excluding carboxylic acids is 1. The van der Waals surface area contributed by atoms with Crippen molar-refractivity contribution in [1.29, 1.82) is 0 Å². The zero-order valence-electron chi connectivity index (χ0n) is 14.3. The average Bonchev–Trinajstić information content (AvgIpc) is 2.59. The topological polar surface area (TPSA) is 83.3 Å². The van der Waals surface area contributed by atoms with Crippen LogP contribution in [0.4, 0.5) is 0 Å². The summed E-state index contributed by atoms with van der Waals surface area (Å²) in [5.41, 5.74) is 1.15. The third-order valence-electron chi connectivity index (χ3n) is 6.50. The third kappa shape index (κ3) is 1.72. The Kier molecular flexibility index (Phi) is 2.85. The number of rotatable bonds is 1. The number of nitrogens with one attached hydrogen (secondary N) is 1. The van der Waals surface area contributed by atoms with Gasteiger partial charge in [-0.15, -0.1) is 0 Å². The van der Waals surface area contributed by atoms with E-state index in [1.807, 2.05) is 13.1 Å². The highest BCUT2D eigenvalue weighted by molar-refractivity contribution is 6.13. The number of methoxy groups -OCH3 is 1. The van der Waals surface area contributed by atoms with E-state index in [4.69, 9.17) is 9.47 Å². The standard InChI is InChI=1S/C19H21NO5/c1-20-6-4-10-7-11(21)17-15-14(10)16(20)12(22)8-18(15)5-3-13(23)19(9-18,24-2)25-17/h4,7,13,21,23H,3,5-6,8-9H2,1-2H3. The van der Waals surface area contributed by atoms with Crippen molar-refractivity contribution >= 4 is 17.6 Å². The van der Waals surface area contributed by atoms with Gasteiger partial charge in [-0.05, 0) is 24.1 Å². The molecule has 0 aromatic heterocycles. The Morgan fingerprint density at radius 3 is 3.04 bits per heavy atom. The molecule has 132 valence electrons. The van der Waals surface area contributed by atoms with Crippen LogP contribution in [0.1, 0.15) is 31.2 Å². The van der Waals surface area contributed by atoms with Gasteiger partial charge in [0, 0.05) is 30.9 Å². The molecule has 5 rings (SSSR count). The monoisotopic (exact) mass is 343 g/mol. The second-order valence-corrected chi connectivity index (χ2v) is 7.84. The van der Waals surface area contributed by atoms with E-state index < -0.39 is 17.3 Å². The number of benzene rings is 1. The molecule has 4 unspecified atom stereocenters. The first-order valence-electron chi connectivity index (χ1n) is 8.78. The molecule has 2 N–H and O–H groups in total. The van der Waals surface area contributed by atoms with Gasteiger partial charge in [-0.1, -0.05) is 11.8 Å². The summed E-state index contributed by atoms with van der Waals surface area (Å²) < 4.78 is 11.6. The largest absolute Gasteiger partial charge is 0.870 e. The molecule has 1 aromatic carbocycles. The second kappa shape index (κ2) is 4.63. The van der Waals surface area contributed by atoms with Crippen molar-refractivity contribution in [3.05, 3.63) is 22.1 Å². The van der Waals surface area contributed by atoms with E-state index in [9.17, 15) is 15.0 Å². The van der Waals surface area contributed by atoms with E-state index in [2.05, 4.69) is 0 Å². The molecule has 1 saturated carbocycles. The highest BCUT2D eigenvalue weighted by Gasteiger charge is 2.60. The lowest BCUT2D eigenvalue weighted by Crippen LogP contribution is -3.09. The Hall–Kier alpha value is -1.89. The first-order valence-corrected chi connectivity index (χ1v) is 8.78. The Bertz CT molecular complexity index is 938. The number of ether oxygens (including phenoxy) is 2. The predicted molar refractivity (Wildman–Crippen MR) is 86.3 cm³/mol. The van der Waals surface area contributed by atoms with Crippen LogP contribution in [0.25, 0.3) is 11.8 Å². The highest BCUT2D eigenvalue weighted by atomic mass is 16.7. The maximum Gasteiger partial charge on any atom is 0.237 e. The summed E-state index contributed by atoms with van der Waals surface area (Å²) in [4.78, 5) is 14.1. The van der Waals surface area contributed by atoms with Gasteiger partial charge in [-0.25, -0.2) is 0 Å². The molecule has 2 aliphatic carbocycles. The van der Waals surface area contributed by atoms with E-state index in [0.717, 1.165) is 26.6 Å². The Balaban J connectivity index is 1.94. The van der Waals surface area contributed by atoms with Gasteiger partial charge in [0.15, 0.2) is 5.70 Å². The van der Waals surface area contributed by atoms with Gasteiger partial charge in [-0.3, -0.25) is 9.69 Å². The maximum absolute atomic E-state index is 13.0. The van der Waals surface area contributed by atoms with Crippen molar-refractivity contribution in [2.24, 2.45) is 0 Å². The number of hydrogen-bond acceptors (Lipinski definition) is 5. The molecule has 2 aliphatic heterocycles. The summed E-state index contributed by atoms with van der Waals surface area (Å²) >= 11 is 0. The first kappa shape index (κ1) is 15.4. The zero-order chi connectivity index (χ0) is 17.6. The molecule has 1 fully saturated rings. The normalized spacial score (nSPS) is 37.9. The number of likely N-dealkylation sites (N-methyl/N-ethyl adjacent to an activating group) is 1. The van der Waals surface area contributed by atoms with Crippen molar-refractivity contribution in [3.8, 4) is 11.5 Å². The minimum Gasteiger partial charge on any atom is -0.870 e. The molecule has 4 aliphatic rings. The maximum atomic E-state index is 13.0. The van der Waals surface area contributed by atoms with Crippen LogP contribution in [-0.2, 0) is 14.9 Å². The summed E-state index contributed by atoms with van der Waals surface area (Å²) in [7, 11) is 3.47. The Morgan fingerprint density at radius 2 is 2.28 bits per heavy atom. The fraction of sp³-hybridized carbons (Fsp3) is 0.526. The van der Waals surface area contributed by atoms with Gasteiger partial charge in [0.1, 0.15) is 18.4 Å². The molecule has 2 bridgehead atoms. The smallest absolute Gasteiger partial charge is 0.237 e. The molecule has 0 amide bonds.